The molecule has 0 aliphatic heterocycles. The van der Waals surface area contributed by atoms with Crippen LogP contribution in [0.3, 0.4) is 0 Å². The van der Waals surface area contributed by atoms with Crippen molar-refractivity contribution in [3.05, 3.63) is 70.4 Å². The van der Waals surface area contributed by atoms with Crippen molar-refractivity contribution in [2.24, 2.45) is 0 Å². The van der Waals surface area contributed by atoms with Crippen molar-refractivity contribution in [2.75, 3.05) is 5.32 Å². The van der Waals surface area contributed by atoms with Crippen molar-refractivity contribution in [1.29, 1.82) is 0 Å². The molecule has 5 heteroatoms. The molecule has 0 saturated heterocycles. The van der Waals surface area contributed by atoms with Crippen LogP contribution in [0.25, 0.3) is 10.6 Å². The van der Waals surface area contributed by atoms with E-state index in [2.05, 4.69) is 10.3 Å². The molecule has 0 saturated carbocycles. The van der Waals surface area contributed by atoms with Gasteiger partial charge in [0, 0.05) is 34.4 Å². The molecule has 106 valence electrons. The Morgan fingerprint density at radius 1 is 1.19 bits per heavy atom. The van der Waals surface area contributed by atoms with Gasteiger partial charge >= 0.3 is 0 Å². The van der Waals surface area contributed by atoms with Gasteiger partial charge in [0.05, 0.1) is 0 Å². The van der Waals surface area contributed by atoms with Crippen LogP contribution < -0.4 is 5.32 Å². The summed E-state index contributed by atoms with van der Waals surface area (Å²) in [7, 11) is 0. The minimum Gasteiger partial charge on any atom is -0.381 e. The summed E-state index contributed by atoms with van der Waals surface area (Å²) in [5.74, 6) is -0.325. The van der Waals surface area contributed by atoms with Crippen LogP contribution in [0.15, 0.2) is 54.0 Å². The molecular weight excluding hydrogens is 307 g/mol. The van der Waals surface area contributed by atoms with Gasteiger partial charge in [0.1, 0.15) is 10.8 Å². The fourth-order valence-corrected chi connectivity index (χ4v) is 2.86. The number of nitrogens with zero attached hydrogens (tertiary/aromatic N) is 1. The lowest BCUT2D eigenvalue weighted by Gasteiger charge is -2.09. The fourth-order valence-electron chi connectivity index (χ4n) is 1.99. The van der Waals surface area contributed by atoms with Crippen molar-refractivity contribution in [3.8, 4) is 10.6 Å². The first-order valence-electron chi connectivity index (χ1n) is 6.40. The van der Waals surface area contributed by atoms with Gasteiger partial charge in [0.25, 0.3) is 0 Å². The molecule has 0 bridgehead atoms. The lowest BCUT2D eigenvalue weighted by Crippen LogP contribution is -2.00. The van der Waals surface area contributed by atoms with Gasteiger partial charge in [0.15, 0.2) is 0 Å². The van der Waals surface area contributed by atoms with Gasteiger partial charge in [0.2, 0.25) is 0 Å². The average molecular weight is 319 g/mol. The third-order valence-electron chi connectivity index (χ3n) is 3.04. The lowest BCUT2D eigenvalue weighted by atomic mass is 10.2. The van der Waals surface area contributed by atoms with E-state index >= 15 is 0 Å². The summed E-state index contributed by atoms with van der Waals surface area (Å²) in [4.78, 5) is 4.30. The first kappa shape index (κ1) is 14.0. The van der Waals surface area contributed by atoms with E-state index in [9.17, 15) is 4.39 Å². The number of thiazole rings is 1. The van der Waals surface area contributed by atoms with Gasteiger partial charge in [-0.1, -0.05) is 29.8 Å². The van der Waals surface area contributed by atoms with Crippen LogP contribution in [-0.2, 0) is 6.54 Å². The number of halogens is 2. The molecule has 0 aliphatic carbocycles. The summed E-state index contributed by atoms with van der Waals surface area (Å²) in [6.45, 7) is 0.542. The number of hydrogen-bond acceptors (Lipinski definition) is 3. The highest BCUT2D eigenvalue weighted by Crippen LogP contribution is 2.25. The smallest absolute Gasteiger partial charge is 0.124 e. The van der Waals surface area contributed by atoms with E-state index in [0.717, 1.165) is 21.8 Å². The summed E-state index contributed by atoms with van der Waals surface area (Å²) < 4.78 is 13.0. The Morgan fingerprint density at radius 2 is 2.10 bits per heavy atom. The zero-order valence-electron chi connectivity index (χ0n) is 11.0. The Balaban J connectivity index is 1.75. The minimum atomic E-state index is -0.325. The van der Waals surface area contributed by atoms with E-state index in [4.69, 9.17) is 11.6 Å². The quantitative estimate of drug-likeness (QED) is 0.714. The molecule has 3 aromatic rings. The third-order valence-corrected chi connectivity index (χ3v) is 4.21. The van der Waals surface area contributed by atoms with Crippen LogP contribution in [0.5, 0.6) is 0 Å². The molecular formula is C16H12ClFN2S. The molecule has 2 nitrogen and oxygen atoms in total. The molecule has 0 spiro atoms. The highest BCUT2D eigenvalue weighted by molar-refractivity contribution is 7.13. The summed E-state index contributed by atoms with van der Waals surface area (Å²) in [6.07, 6.45) is 1.79. The van der Waals surface area contributed by atoms with E-state index in [-0.39, 0.29) is 5.82 Å². The van der Waals surface area contributed by atoms with Crippen molar-refractivity contribution in [2.45, 2.75) is 6.54 Å². The zero-order valence-corrected chi connectivity index (χ0v) is 12.6. The maximum atomic E-state index is 13.0. The van der Waals surface area contributed by atoms with E-state index in [0.29, 0.717) is 11.6 Å². The highest BCUT2D eigenvalue weighted by atomic mass is 35.5. The first-order chi connectivity index (χ1) is 10.2. The molecule has 3 rings (SSSR count). The standard InChI is InChI=1S/C16H12ClFN2S/c17-15-9-13(18)5-4-12(15)10-20-14-3-1-2-11(8-14)16-19-6-7-21-16/h1-9,20H,10H2. The second kappa shape index (κ2) is 6.24. The van der Waals surface area contributed by atoms with Crippen LogP contribution in [0.4, 0.5) is 10.1 Å². The molecule has 0 aliphatic rings. The Hall–Kier alpha value is -1.91. The predicted molar refractivity (Wildman–Crippen MR) is 86.3 cm³/mol. The fraction of sp³-hybridized carbons (Fsp3) is 0.0625. The van der Waals surface area contributed by atoms with Crippen LogP contribution >= 0.6 is 22.9 Å². The zero-order chi connectivity index (χ0) is 14.7. The van der Waals surface area contributed by atoms with Crippen LogP contribution in [-0.4, -0.2) is 4.98 Å². The monoisotopic (exact) mass is 318 g/mol. The molecule has 0 atom stereocenters. The van der Waals surface area contributed by atoms with Gasteiger partial charge in [-0.25, -0.2) is 9.37 Å². The first-order valence-corrected chi connectivity index (χ1v) is 7.66. The maximum Gasteiger partial charge on any atom is 0.124 e. The number of benzene rings is 2. The third kappa shape index (κ3) is 3.40. The molecule has 0 amide bonds. The number of aromatic nitrogens is 1. The Labute approximate surface area is 131 Å². The maximum absolute atomic E-state index is 13.0. The molecule has 0 fully saturated rings. The summed E-state index contributed by atoms with van der Waals surface area (Å²) in [6, 6.07) is 12.4. The molecule has 0 radical (unpaired) electrons. The van der Waals surface area contributed by atoms with Gasteiger partial charge in [-0.3, -0.25) is 0 Å². The predicted octanol–water partition coefficient (Wildman–Crippen LogP) is 5.21. The molecule has 1 heterocycles. The van der Waals surface area contributed by atoms with Crippen LogP contribution in [0.2, 0.25) is 5.02 Å². The van der Waals surface area contributed by atoms with Gasteiger partial charge in [-0.15, -0.1) is 11.3 Å². The molecule has 2 aromatic carbocycles. The van der Waals surface area contributed by atoms with Crippen molar-refractivity contribution in [1.82, 2.24) is 4.98 Å². The normalized spacial score (nSPS) is 10.6. The topological polar surface area (TPSA) is 24.9 Å². The average Bonchev–Trinajstić information content (AvgIpc) is 3.01. The number of anilines is 1. The number of hydrogen-bond donors (Lipinski definition) is 1. The second-order valence-electron chi connectivity index (χ2n) is 4.51. The Bertz CT molecular complexity index is 744. The Kier molecular flexibility index (Phi) is 4.18. The lowest BCUT2D eigenvalue weighted by molar-refractivity contribution is 0.627. The van der Waals surface area contributed by atoms with Crippen molar-refractivity contribution >= 4 is 28.6 Å². The van der Waals surface area contributed by atoms with Crippen molar-refractivity contribution < 1.29 is 4.39 Å². The SMILES string of the molecule is Fc1ccc(CNc2cccc(-c3nccs3)c2)c(Cl)c1. The number of nitrogens with one attached hydrogen (secondary N) is 1. The van der Waals surface area contributed by atoms with Gasteiger partial charge in [-0.2, -0.15) is 0 Å². The minimum absolute atomic E-state index is 0.325. The molecule has 21 heavy (non-hydrogen) atoms. The van der Waals surface area contributed by atoms with Crippen LogP contribution in [0, 0.1) is 5.82 Å². The largest absolute Gasteiger partial charge is 0.381 e. The molecule has 1 N–H and O–H groups in total. The molecule has 0 unspecified atom stereocenters. The van der Waals surface area contributed by atoms with E-state index in [1.54, 1.807) is 23.6 Å². The summed E-state index contributed by atoms with van der Waals surface area (Å²) >= 11 is 7.62. The van der Waals surface area contributed by atoms with E-state index in [1.807, 2.05) is 29.6 Å². The van der Waals surface area contributed by atoms with E-state index < -0.39 is 0 Å². The van der Waals surface area contributed by atoms with Crippen LogP contribution in [0.1, 0.15) is 5.56 Å². The Morgan fingerprint density at radius 3 is 2.86 bits per heavy atom. The van der Waals surface area contributed by atoms with Gasteiger partial charge in [-0.05, 0) is 29.8 Å². The van der Waals surface area contributed by atoms with Crippen molar-refractivity contribution in [3.63, 3.8) is 0 Å². The number of rotatable bonds is 4. The highest BCUT2D eigenvalue weighted by Gasteiger charge is 2.04. The molecule has 1 aromatic heterocycles. The summed E-state index contributed by atoms with van der Waals surface area (Å²) in [5, 5.41) is 6.66. The summed E-state index contributed by atoms with van der Waals surface area (Å²) in [5.41, 5.74) is 2.90. The second-order valence-corrected chi connectivity index (χ2v) is 5.81. The van der Waals surface area contributed by atoms with Gasteiger partial charge < -0.3 is 5.32 Å². The van der Waals surface area contributed by atoms with E-state index in [1.165, 1.54) is 12.1 Å².